The highest BCUT2D eigenvalue weighted by molar-refractivity contribution is 6.00. The number of anilines is 1. The summed E-state index contributed by atoms with van der Waals surface area (Å²) in [6.07, 6.45) is 3.93. The van der Waals surface area contributed by atoms with E-state index in [9.17, 15) is 0 Å². The number of pyridine rings is 1. The summed E-state index contributed by atoms with van der Waals surface area (Å²) < 4.78 is 5.23. The van der Waals surface area contributed by atoms with Gasteiger partial charge in [-0.15, -0.1) is 0 Å². The Morgan fingerprint density at radius 2 is 2.53 bits per heavy atom. The molecule has 1 aromatic rings. The fraction of sp³-hybridized carbons (Fsp3) is 0.538. The van der Waals surface area contributed by atoms with Gasteiger partial charge in [-0.05, 0) is 30.9 Å². The van der Waals surface area contributed by atoms with Gasteiger partial charge in [0, 0.05) is 26.4 Å². The molecule has 0 radical (unpaired) electrons. The van der Waals surface area contributed by atoms with E-state index in [1.165, 1.54) is 6.42 Å². The minimum absolute atomic E-state index is 0.0458. The predicted octanol–water partition coefficient (Wildman–Crippen LogP) is 1.04. The number of hydrogen-bond acceptors (Lipinski definition) is 5. The third-order valence-corrected chi connectivity index (χ3v) is 3.40. The molecule has 0 aliphatic carbocycles. The van der Waals surface area contributed by atoms with Crippen molar-refractivity contribution in [3.63, 3.8) is 0 Å². The number of methoxy groups -OCH3 is 1. The Hall–Kier alpha value is -1.82. The van der Waals surface area contributed by atoms with E-state index in [0.717, 1.165) is 31.8 Å². The van der Waals surface area contributed by atoms with E-state index in [4.69, 9.17) is 15.7 Å². The average molecular weight is 264 g/mol. The maximum absolute atomic E-state index is 8.83. The van der Waals surface area contributed by atoms with Crippen LogP contribution in [0.4, 0.5) is 5.69 Å². The summed E-state index contributed by atoms with van der Waals surface area (Å²) in [5.41, 5.74) is 7.13. The Kier molecular flexibility index (Phi) is 4.57. The molecular weight excluding hydrogens is 244 g/mol. The summed E-state index contributed by atoms with van der Waals surface area (Å²) >= 11 is 0. The Labute approximate surface area is 112 Å². The van der Waals surface area contributed by atoms with Gasteiger partial charge in [-0.25, -0.2) is 0 Å². The molecule has 104 valence electrons. The molecule has 19 heavy (non-hydrogen) atoms. The maximum Gasteiger partial charge on any atom is 0.190 e. The number of nitrogens with two attached hydrogens (primary N) is 1. The normalized spacial score (nSPS) is 20.6. The van der Waals surface area contributed by atoms with Gasteiger partial charge in [-0.1, -0.05) is 5.16 Å². The van der Waals surface area contributed by atoms with Crippen molar-refractivity contribution in [3.8, 4) is 0 Å². The molecule has 1 aliphatic heterocycles. The molecule has 1 unspecified atom stereocenters. The largest absolute Gasteiger partial charge is 0.409 e. The summed E-state index contributed by atoms with van der Waals surface area (Å²) in [7, 11) is 1.73. The lowest BCUT2D eigenvalue weighted by Crippen LogP contribution is -2.38. The van der Waals surface area contributed by atoms with Gasteiger partial charge in [0.05, 0.1) is 12.3 Å². The van der Waals surface area contributed by atoms with E-state index in [-0.39, 0.29) is 5.84 Å². The number of rotatable bonds is 4. The van der Waals surface area contributed by atoms with E-state index in [1.807, 2.05) is 12.1 Å². The summed E-state index contributed by atoms with van der Waals surface area (Å²) in [5.74, 6) is 0.559. The molecule has 0 bridgehead atoms. The highest BCUT2D eigenvalue weighted by Gasteiger charge is 2.23. The minimum atomic E-state index is 0.0458. The molecule has 0 spiro atoms. The van der Waals surface area contributed by atoms with Crippen LogP contribution in [-0.2, 0) is 4.74 Å². The zero-order chi connectivity index (χ0) is 13.7. The van der Waals surface area contributed by atoms with Crippen LogP contribution in [0.15, 0.2) is 23.5 Å². The zero-order valence-corrected chi connectivity index (χ0v) is 11.1. The first kappa shape index (κ1) is 13.6. The molecular formula is C13H20N4O2. The van der Waals surface area contributed by atoms with Crippen molar-refractivity contribution in [1.29, 1.82) is 0 Å². The summed E-state index contributed by atoms with van der Waals surface area (Å²) in [6.45, 7) is 2.62. The highest BCUT2D eigenvalue weighted by Crippen LogP contribution is 2.25. The van der Waals surface area contributed by atoms with Crippen molar-refractivity contribution >= 4 is 11.5 Å². The molecule has 1 atom stereocenters. The van der Waals surface area contributed by atoms with Crippen LogP contribution in [0.1, 0.15) is 18.5 Å². The molecule has 2 rings (SSSR count). The van der Waals surface area contributed by atoms with Crippen molar-refractivity contribution in [3.05, 3.63) is 24.0 Å². The number of hydrogen-bond donors (Lipinski definition) is 2. The number of piperidine rings is 1. The van der Waals surface area contributed by atoms with Crippen LogP contribution in [0, 0.1) is 5.92 Å². The second-order valence-electron chi connectivity index (χ2n) is 4.77. The number of oxime groups is 1. The molecule has 1 saturated heterocycles. The first-order valence-corrected chi connectivity index (χ1v) is 6.43. The molecule has 1 aromatic heterocycles. The van der Waals surface area contributed by atoms with Gasteiger partial charge in [0.25, 0.3) is 0 Å². The van der Waals surface area contributed by atoms with Crippen molar-refractivity contribution < 1.29 is 9.94 Å². The number of amidine groups is 1. The molecule has 2 heterocycles. The van der Waals surface area contributed by atoms with E-state index in [0.29, 0.717) is 11.6 Å². The lowest BCUT2D eigenvalue weighted by atomic mass is 9.98. The van der Waals surface area contributed by atoms with E-state index < -0.39 is 0 Å². The van der Waals surface area contributed by atoms with Crippen LogP contribution in [0.2, 0.25) is 0 Å². The second kappa shape index (κ2) is 6.38. The van der Waals surface area contributed by atoms with Crippen LogP contribution in [0.5, 0.6) is 0 Å². The summed E-state index contributed by atoms with van der Waals surface area (Å²) in [6, 6.07) is 3.82. The van der Waals surface area contributed by atoms with Gasteiger partial charge >= 0.3 is 0 Å². The number of ether oxygens (including phenoxy) is 1. The summed E-state index contributed by atoms with van der Waals surface area (Å²) in [5, 5.41) is 11.9. The first-order chi connectivity index (χ1) is 9.26. The number of aromatic nitrogens is 1. The molecule has 0 aromatic carbocycles. The van der Waals surface area contributed by atoms with Crippen molar-refractivity contribution in [2.75, 3.05) is 31.7 Å². The van der Waals surface area contributed by atoms with Gasteiger partial charge in [0.2, 0.25) is 0 Å². The first-order valence-electron chi connectivity index (χ1n) is 6.43. The predicted molar refractivity (Wildman–Crippen MR) is 73.6 cm³/mol. The second-order valence-corrected chi connectivity index (χ2v) is 4.77. The lowest BCUT2D eigenvalue weighted by molar-refractivity contribution is 0.143. The van der Waals surface area contributed by atoms with Crippen molar-refractivity contribution in [2.24, 2.45) is 16.8 Å². The topological polar surface area (TPSA) is 84.0 Å². The number of nitrogens with zero attached hydrogens (tertiary/aromatic N) is 3. The lowest BCUT2D eigenvalue weighted by Gasteiger charge is -2.34. The monoisotopic (exact) mass is 264 g/mol. The molecule has 3 N–H and O–H groups in total. The smallest absolute Gasteiger partial charge is 0.190 e. The van der Waals surface area contributed by atoms with E-state index >= 15 is 0 Å². The van der Waals surface area contributed by atoms with Crippen LogP contribution in [0.25, 0.3) is 0 Å². The fourth-order valence-corrected chi connectivity index (χ4v) is 2.55. The zero-order valence-electron chi connectivity index (χ0n) is 11.1. The molecule has 1 aliphatic rings. The average Bonchev–Trinajstić information content (AvgIpc) is 2.47. The maximum atomic E-state index is 8.83. The molecule has 0 saturated carbocycles. The Morgan fingerprint density at radius 3 is 3.26 bits per heavy atom. The molecule has 6 heteroatoms. The van der Waals surface area contributed by atoms with Crippen LogP contribution < -0.4 is 10.6 Å². The molecule has 1 fully saturated rings. The van der Waals surface area contributed by atoms with Gasteiger partial charge < -0.3 is 20.6 Å². The minimum Gasteiger partial charge on any atom is -0.409 e. The standard InChI is InChI=1S/C13H20N4O2/c1-19-9-10-4-3-7-17(8-10)11-5-2-6-15-12(11)13(14)16-18/h2,5-6,10,18H,3-4,7-9H2,1H3,(H2,14,16). The molecule has 0 amide bonds. The van der Waals surface area contributed by atoms with Crippen LogP contribution in [0.3, 0.4) is 0 Å². The SMILES string of the molecule is COCC1CCCN(c2cccnc2/C(N)=N/O)C1. The third kappa shape index (κ3) is 3.14. The van der Waals surface area contributed by atoms with E-state index in [1.54, 1.807) is 13.3 Å². The molecule has 6 nitrogen and oxygen atoms in total. The summed E-state index contributed by atoms with van der Waals surface area (Å²) in [4.78, 5) is 6.44. The van der Waals surface area contributed by atoms with E-state index in [2.05, 4.69) is 15.0 Å². The quantitative estimate of drug-likeness (QED) is 0.367. The Morgan fingerprint density at radius 1 is 1.68 bits per heavy atom. The van der Waals surface area contributed by atoms with Gasteiger partial charge in [0.1, 0.15) is 5.69 Å². The highest BCUT2D eigenvalue weighted by atomic mass is 16.5. The Bertz CT molecular complexity index is 448. The third-order valence-electron chi connectivity index (χ3n) is 3.40. The van der Waals surface area contributed by atoms with Crippen LogP contribution in [-0.4, -0.2) is 42.8 Å². The van der Waals surface area contributed by atoms with Gasteiger partial charge in [-0.2, -0.15) is 0 Å². The van der Waals surface area contributed by atoms with Crippen molar-refractivity contribution in [2.45, 2.75) is 12.8 Å². The van der Waals surface area contributed by atoms with Gasteiger partial charge in [-0.3, -0.25) is 4.98 Å². The Balaban J connectivity index is 2.21. The fourth-order valence-electron chi connectivity index (χ4n) is 2.55. The van der Waals surface area contributed by atoms with Crippen molar-refractivity contribution in [1.82, 2.24) is 4.98 Å². The van der Waals surface area contributed by atoms with Gasteiger partial charge in [0.15, 0.2) is 5.84 Å². The van der Waals surface area contributed by atoms with Crippen LogP contribution >= 0.6 is 0 Å².